The second-order valence-electron chi connectivity index (χ2n) is 4.41. The van der Waals surface area contributed by atoms with Crippen molar-refractivity contribution in [2.45, 2.75) is 6.42 Å². The van der Waals surface area contributed by atoms with Crippen molar-refractivity contribution in [1.29, 1.82) is 0 Å². The van der Waals surface area contributed by atoms with Gasteiger partial charge in [0.2, 0.25) is 0 Å². The van der Waals surface area contributed by atoms with E-state index in [9.17, 15) is 0 Å². The number of anilines is 3. The van der Waals surface area contributed by atoms with Crippen molar-refractivity contribution in [2.75, 3.05) is 56.2 Å². The number of morpholine rings is 1. The summed E-state index contributed by atoms with van der Waals surface area (Å²) in [6.07, 6.45) is 1.08. The summed E-state index contributed by atoms with van der Waals surface area (Å²) in [4.78, 5) is 6.58. The van der Waals surface area contributed by atoms with Gasteiger partial charge in [0.05, 0.1) is 18.9 Å². The Balaban J connectivity index is 1.66. The number of rotatable bonds is 5. The van der Waals surface area contributed by atoms with E-state index >= 15 is 0 Å². The standard InChI is InChI=1S/C12H21N5O/c13-10-2-3-11(16-12(10)14)15-4-1-5-17-6-8-18-9-7-17/h2-3H,1,4-9,13H2,(H3,14,15,16). The lowest BCUT2D eigenvalue weighted by atomic mass is 10.3. The van der Waals surface area contributed by atoms with E-state index in [1.807, 2.05) is 6.07 Å². The molecule has 0 unspecified atom stereocenters. The van der Waals surface area contributed by atoms with E-state index in [0.29, 0.717) is 11.5 Å². The molecule has 0 saturated carbocycles. The zero-order valence-corrected chi connectivity index (χ0v) is 10.6. The summed E-state index contributed by atoms with van der Waals surface area (Å²) in [6.45, 7) is 5.74. The number of nitrogens with two attached hydrogens (primary N) is 2. The number of nitrogens with zero attached hydrogens (tertiary/aromatic N) is 2. The molecule has 100 valence electrons. The minimum Gasteiger partial charge on any atom is -0.396 e. The van der Waals surface area contributed by atoms with Crippen molar-refractivity contribution in [3.05, 3.63) is 12.1 Å². The van der Waals surface area contributed by atoms with Crippen LogP contribution in [0.3, 0.4) is 0 Å². The maximum atomic E-state index is 5.64. The molecule has 1 aliphatic heterocycles. The number of pyridine rings is 1. The first-order valence-corrected chi connectivity index (χ1v) is 6.31. The van der Waals surface area contributed by atoms with Crippen LogP contribution in [0.4, 0.5) is 17.3 Å². The van der Waals surface area contributed by atoms with E-state index in [-0.39, 0.29) is 0 Å². The van der Waals surface area contributed by atoms with Gasteiger partial charge >= 0.3 is 0 Å². The van der Waals surface area contributed by atoms with Crippen LogP contribution >= 0.6 is 0 Å². The van der Waals surface area contributed by atoms with Gasteiger partial charge in [-0.15, -0.1) is 0 Å². The van der Waals surface area contributed by atoms with Gasteiger partial charge in [-0.1, -0.05) is 0 Å². The summed E-state index contributed by atoms with van der Waals surface area (Å²) in [5, 5.41) is 3.25. The number of nitrogen functional groups attached to an aromatic ring is 2. The summed E-state index contributed by atoms with van der Waals surface area (Å²) >= 11 is 0. The van der Waals surface area contributed by atoms with Gasteiger partial charge in [0.25, 0.3) is 0 Å². The Labute approximate surface area is 107 Å². The average Bonchev–Trinajstić information content (AvgIpc) is 2.40. The van der Waals surface area contributed by atoms with Gasteiger partial charge in [-0.25, -0.2) is 4.98 Å². The van der Waals surface area contributed by atoms with Gasteiger partial charge < -0.3 is 21.5 Å². The van der Waals surface area contributed by atoms with Crippen molar-refractivity contribution >= 4 is 17.3 Å². The van der Waals surface area contributed by atoms with E-state index in [0.717, 1.165) is 51.6 Å². The van der Waals surface area contributed by atoms with Gasteiger partial charge in [-0.2, -0.15) is 0 Å². The third kappa shape index (κ3) is 3.75. The molecule has 1 aromatic heterocycles. The fourth-order valence-electron chi connectivity index (χ4n) is 1.93. The van der Waals surface area contributed by atoms with E-state index < -0.39 is 0 Å². The molecular weight excluding hydrogens is 230 g/mol. The molecule has 0 atom stereocenters. The maximum absolute atomic E-state index is 5.64. The molecule has 0 amide bonds. The molecule has 5 N–H and O–H groups in total. The minimum atomic E-state index is 0.383. The maximum Gasteiger partial charge on any atom is 0.149 e. The fourth-order valence-corrected chi connectivity index (χ4v) is 1.93. The summed E-state index contributed by atoms with van der Waals surface area (Å²) < 4.78 is 5.31. The largest absolute Gasteiger partial charge is 0.396 e. The van der Waals surface area contributed by atoms with Crippen molar-refractivity contribution in [3.63, 3.8) is 0 Å². The SMILES string of the molecule is Nc1ccc(NCCCN2CCOCC2)nc1N. The van der Waals surface area contributed by atoms with Crippen molar-refractivity contribution in [1.82, 2.24) is 9.88 Å². The Morgan fingerprint density at radius 2 is 2.06 bits per heavy atom. The second kappa shape index (κ2) is 6.42. The zero-order valence-electron chi connectivity index (χ0n) is 10.6. The van der Waals surface area contributed by atoms with Crippen LogP contribution in [0.25, 0.3) is 0 Å². The smallest absolute Gasteiger partial charge is 0.149 e. The van der Waals surface area contributed by atoms with E-state index in [2.05, 4.69) is 15.2 Å². The summed E-state index contributed by atoms with van der Waals surface area (Å²) in [6, 6.07) is 3.62. The quantitative estimate of drug-likeness (QED) is 0.656. The monoisotopic (exact) mass is 251 g/mol. The van der Waals surface area contributed by atoms with Gasteiger partial charge in [0, 0.05) is 19.6 Å². The molecule has 1 aromatic rings. The Morgan fingerprint density at radius 1 is 1.28 bits per heavy atom. The minimum absolute atomic E-state index is 0.383. The molecule has 0 aliphatic carbocycles. The van der Waals surface area contributed by atoms with Gasteiger partial charge in [0.1, 0.15) is 11.6 Å². The molecule has 2 rings (SSSR count). The molecule has 0 aromatic carbocycles. The number of aromatic nitrogens is 1. The molecule has 0 spiro atoms. The molecule has 1 aliphatic rings. The first-order chi connectivity index (χ1) is 8.75. The van der Waals surface area contributed by atoms with Crippen LogP contribution < -0.4 is 16.8 Å². The Morgan fingerprint density at radius 3 is 2.78 bits per heavy atom. The van der Waals surface area contributed by atoms with Crippen LogP contribution in [0.2, 0.25) is 0 Å². The molecule has 1 fully saturated rings. The topological polar surface area (TPSA) is 89.4 Å². The average molecular weight is 251 g/mol. The summed E-state index contributed by atoms with van der Waals surface area (Å²) in [5.41, 5.74) is 11.8. The molecule has 6 nitrogen and oxygen atoms in total. The first kappa shape index (κ1) is 12.9. The highest BCUT2D eigenvalue weighted by Crippen LogP contribution is 2.14. The lowest BCUT2D eigenvalue weighted by molar-refractivity contribution is 0.0378. The Bertz CT molecular complexity index is 379. The van der Waals surface area contributed by atoms with Gasteiger partial charge in [-0.05, 0) is 25.1 Å². The number of hydrogen-bond acceptors (Lipinski definition) is 6. The van der Waals surface area contributed by atoms with E-state index in [1.165, 1.54) is 0 Å². The molecule has 6 heteroatoms. The summed E-state index contributed by atoms with van der Waals surface area (Å²) in [7, 11) is 0. The second-order valence-corrected chi connectivity index (χ2v) is 4.41. The fraction of sp³-hybridized carbons (Fsp3) is 0.583. The highest BCUT2D eigenvalue weighted by Gasteiger charge is 2.09. The third-order valence-electron chi connectivity index (χ3n) is 3.02. The van der Waals surface area contributed by atoms with Crippen LogP contribution in [0.5, 0.6) is 0 Å². The van der Waals surface area contributed by atoms with Crippen molar-refractivity contribution in [3.8, 4) is 0 Å². The van der Waals surface area contributed by atoms with E-state index in [1.54, 1.807) is 6.07 Å². The predicted molar refractivity (Wildman–Crippen MR) is 73.4 cm³/mol. The van der Waals surface area contributed by atoms with Crippen molar-refractivity contribution < 1.29 is 4.74 Å². The van der Waals surface area contributed by atoms with Crippen LogP contribution in [-0.4, -0.2) is 49.3 Å². The number of hydrogen-bond donors (Lipinski definition) is 3. The molecular formula is C12H21N5O. The summed E-state index contributed by atoms with van der Waals surface area (Å²) in [5.74, 6) is 1.16. The molecule has 1 saturated heterocycles. The van der Waals surface area contributed by atoms with Crippen molar-refractivity contribution in [2.24, 2.45) is 0 Å². The van der Waals surface area contributed by atoms with Crippen LogP contribution in [-0.2, 0) is 4.74 Å². The van der Waals surface area contributed by atoms with Crippen LogP contribution in [0.1, 0.15) is 6.42 Å². The molecule has 0 radical (unpaired) electrons. The lowest BCUT2D eigenvalue weighted by Gasteiger charge is -2.26. The molecule has 0 bridgehead atoms. The highest BCUT2D eigenvalue weighted by atomic mass is 16.5. The van der Waals surface area contributed by atoms with E-state index in [4.69, 9.17) is 16.2 Å². The Kier molecular flexibility index (Phi) is 4.60. The lowest BCUT2D eigenvalue weighted by Crippen LogP contribution is -2.37. The van der Waals surface area contributed by atoms with Gasteiger partial charge in [-0.3, -0.25) is 4.90 Å². The number of ether oxygens (including phenoxy) is 1. The number of nitrogens with one attached hydrogen (secondary N) is 1. The van der Waals surface area contributed by atoms with Gasteiger partial charge in [0.15, 0.2) is 0 Å². The van der Waals surface area contributed by atoms with Crippen LogP contribution in [0.15, 0.2) is 12.1 Å². The van der Waals surface area contributed by atoms with Crippen LogP contribution in [0, 0.1) is 0 Å². The first-order valence-electron chi connectivity index (χ1n) is 6.31. The molecule has 18 heavy (non-hydrogen) atoms. The Hall–Kier alpha value is -1.53. The molecule has 2 heterocycles. The predicted octanol–water partition coefficient (Wildman–Crippen LogP) is 0.380. The highest BCUT2D eigenvalue weighted by molar-refractivity contribution is 5.61. The normalized spacial score (nSPS) is 16.7. The zero-order chi connectivity index (χ0) is 12.8. The third-order valence-corrected chi connectivity index (χ3v) is 3.02.